The van der Waals surface area contributed by atoms with Gasteiger partial charge in [-0.3, -0.25) is 4.79 Å². The highest BCUT2D eigenvalue weighted by atomic mass is 16.7. The first-order valence-corrected chi connectivity index (χ1v) is 10.1. The van der Waals surface area contributed by atoms with Crippen molar-refractivity contribution < 1.29 is 18.8 Å². The minimum absolute atomic E-state index is 0.180. The van der Waals surface area contributed by atoms with Crippen molar-refractivity contribution in [2.24, 2.45) is 0 Å². The molecular weight excluding hydrogens is 365 g/mol. The van der Waals surface area contributed by atoms with Crippen molar-refractivity contribution in [2.75, 3.05) is 5.32 Å². The summed E-state index contributed by atoms with van der Waals surface area (Å²) in [4.78, 5) is 12.7. The molecule has 5 nitrogen and oxygen atoms in total. The van der Waals surface area contributed by atoms with Crippen LogP contribution in [0.4, 0.5) is 5.69 Å². The Hall–Kier alpha value is -2.31. The van der Waals surface area contributed by atoms with E-state index in [1.54, 1.807) is 0 Å². The lowest BCUT2D eigenvalue weighted by molar-refractivity contribution is -0.123. The van der Waals surface area contributed by atoms with Gasteiger partial charge >= 0.3 is 7.12 Å². The molecule has 0 bridgehead atoms. The Kier molecular flexibility index (Phi) is 4.75. The van der Waals surface area contributed by atoms with Gasteiger partial charge in [0.2, 0.25) is 6.10 Å². The molecule has 2 aromatic rings. The van der Waals surface area contributed by atoms with Crippen LogP contribution in [0, 0.1) is 0 Å². The number of rotatable bonds is 3. The number of hydrogen-bond acceptors (Lipinski definition) is 4. The van der Waals surface area contributed by atoms with Crippen molar-refractivity contribution in [3.05, 3.63) is 53.6 Å². The number of nitrogens with one attached hydrogen (secondary N) is 1. The lowest BCUT2D eigenvalue weighted by Gasteiger charge is -2.32. The summed E-state index contributed by atoms with van der Waals surface area (Å²) in [5, 5.41) is 2.98. The van der Waals surface area contributed by atoms with Gasteiger partial charge < -0.3 is 19.4 Å². The number of benzene rings is 2. The molecule has 2 aromatic carbocycles. The Morgan fingerprint density at radius 1 is 0.966 bits per heavy atom. The first-order valence-electron chi connectivity index (χ1n) is 10.1. The van der Waals surface area contributed by atoms with E-state index < -0.39 is 24.4 Å². The lowest BCUT2D eigenvalue weighted by atomic mass is 9.78. The van der Waals surface area contributed by atoms with Crippen molar-refractivity contribution in [1.82, 2.24) is 0 Å². The van der Waals surface area contributed by atoms with Gasteiger partial charge in [0, 0.05) is 5.56 Å². The van der Waals surface area contributed by atoms with Crippen LogP contribution in [0.5, 0.6) is 5.75 Å². The molecule has 0 radical (unpaired) electrons. The van der Waals surface area contributed by atoms with Crippen molar-refractivity contribution in [1.29, 1.82) is 0 Å². The predicted molar refractivity (Wildman–Crippen MR) is 115 cm³/mol. The zero-order valence-corrected chi connectivity index (χ0v) is 17.9. The van der Waals surface area contributed by atoms with Gasteiger partial charge in [-0.1, -0.05) is 44.2 Å². The minimum atomic E-state index is -0.661. The predicted octanol–water partition coefficient (Wildman–Crippen LogP) is 4.18. The van der Waals surface area contributed by atoms with E-state index in [1.807, 2.05) is 70.2 Å². The maximum absolute atomic E-state index is 12.7. The fourth-order valence-electron chi connectivity index (χ4n) is 3.53. The third-order valence-electron chi connectivity index (χ3n) is 6.18. The largest absolute Gasteiger partial charge is 0.494 e. The highest BCUT2D eigenvalue weighted by Crippen LogP contribution is 2.38. The van der Waals surface area contributed by atoms with E-state index in [0.29, 0.717) is 17.4 Å². The Bertz CT molecular complexity index is 920. The number of fused-ring (bicyclic) bond motifs is 1. The molecular formula is C23H28BNO4. The summed E-state index contributed by atoms with van der Waals surface area (Å²) in [5.74, 6) is 0.906. The van der Waals surface area contributed by atoms with E-state index in [4.69, 9.17) is 14.0 Å². The molecule has 4 rings (SSSR count). The second-order valence-corrected chi connectivity index (χ2v) is 9.15. The maximum atomic E-state index is 12.7. The van der Waals surface area contributed by atoms with E-state index in [2.05, 4.69) is 19.2 Å². The monoisotopic (exact) mass is 393 g/mol. The molecule has 152 valence electrons. The van der Waals surface area contributed by atoms with Crippen molar-refractivity contribution >= 4 is 24.2 Å². The summed E-state index contributed by atoms with van der Waals surface area (Å²) >= 11 is 0. The van der Waals surface area contributed by atoms with E-state index in [9.17, 15) is 4.79 Å². The highest BCUT2D eigenvalue weighted by Gasteiger charge is 2.51. The number of carbonyl (C=O) groups is 1. The first-order chi connectivity index (χ1) is 13.6. The van der Waals surface area contributed by atoms with Crippen molar-refractivity contribution in [3.8, 4) is 5.75 Å². The summed E-state index contributed by atoms with van der Waals surface area (Å²) in [7, 11) is -0.483. The maximum Gasteiger partial charge on any atom is 0.494 e. The molecule has 1 fully saturated rings. The van der Waals surface area contributed by atoms with Crippen LogP contribution in [0.2, 0.25) is 0 Å². The second kappa shape index (κ2) is 6.89. The smallest absolute Gasteiger partial charge is 0.474 e. The molecule has 0 spiro atoms. The molecule has 6 heteroatoms. The molecule has 0 aromatic heterocycles. The van der Waals surface area contributed by atoms with Gasteiger partial charge in [-0.05, 0) is 56.8 Å². The third kappa shape index (κ3) is 3.56. The fourth-order valence-corrected chi connectivity index (χ4v) is 3.53. The van der Waals surface area contributed by atoms with Gasteiger partial charge in [0.15, 0.2) is 0 Å². The van der Waals surface area contributed by atoms with E-state index in [1.165, 1.54) is 5.56 Å². The summed E-state index contributed by atoms with van der Waals surface area (Å²) in [6, 6.07) is 13.7. The molecule has 2 aliphatic heterocycles. The summed E-state index contributed by atoms with van der Waals surface area (Å²) < 4.78 is 18.3. The number of carbonyl (C=O) groups excluding carboxylic acids is 1. The van der Waals surface area contributed by atoms with E-state index in [-0.39, 0.29) is 5.91 Å². The Labute approximate surface area is 172 Å². The number of amides is 1. The molecule has 29 heavy (non-hydrogen) atoms. The molecule has 1 amide bonds. The quantitative estimate of drug-likeness (QED) is 0.795. The minimum Gasteiger partial charge on any atom is -0.474 e. The number of hydrogen-bond donors (Lipinski definition) is 1. The zero-order chi connectivity index (χ0) is 21.0. The lowest BCUT2D eigenvalue weighted by Crippen LogP contribution is -2.41. The zero-order valence-electron chi connectivity index (χ0n) is 17.9. The number of ether oxygens (including phenoxy) is 1. The van der Waals surface area contributed by atoms with Gasteiger partial charge in [-0.2, -0.15) is 0 Å². The molecule has 2 aliphatic rings. The Balaban J connectivity index is 1.56. The molecule has 1 unspecified atom stereocenters. The highest BCUT2D eigenvalue weighted by molar-refractivity contribution is 6.62. The SMILES string of the molecule is CC(C)c1ccc(C2Oc3ccc(B4OC(C)(C)C(C)(C)O4)cc3NC2=O)cc1. The normalized spacial score (nSPS) is 22.2. The summed E-state index contributed by atoms with van der Waals surface area (Å²) in [6.07, 6.45) is -0.661. The molecule has 2 heterocycles. The summed E-state index contributed by atoms with van der Waals surface area (Å²) in [5.41, 5.74) is 2.73. The van der Waals surface area contributed by atoms with Gasteiger partial charge in [-0.25, -0.2) is 0 Å². The average Bonchev–Trinajstić information content (AvgIpc) is 2.88. The third-order valence-corrected chi connectivity index (χ3v) is 6.18. The molecule has 1 saturated heterocycles. The van der Waals surface area contributed by atoms with Crippen LogP contribution < -0.4 is 15.5 Å². The Morgan fingerprint density at radius 3 is 2.17 bits per heavy atom. The standard InChI is InChI=1S/C23H28BNO4/c1-14(2)15-7-9-16(10-8-15)20-21(26)25-18-13-17(11-12-19(18)27-20)24-28-22(3,4)23(5,6)29-24/h7-14,20H,1-6H3,(H,25,26). The Morgan fingerprint density at radius 2 is 1.59 bits per heavy atom. The van der Waals surface area contributed by atoms with Crippen LogP contribution in [0.25, 0.3) is 0 Å². The topological polar surface area (TPSA) is 56.8 Å². The van der Waals surface area contributed by atoms with Gasteiger partial charge in [-0.15, -0.1) is 0 Å². The van der Waals surface area contributed by atoms with Crippen LogP contribution in [0.3, 0.4) is 0 Å². The molecule has 0 saturated carbocycles. The first kappa shape index (κ1) is 20.0. The average molecular weight is 393 g/mol. The molecule has 1 atom stereocenters. The van der Waals surface area contributed by atoms with Crippen LogP contribution in [0.15, 0.2) is 42.5 Å². The van der Waals surface area contributed by atoms with Gasteiger partial charge in [0.1, 0.15) is 5.75 Å². The van der Waals surface area contributed by atoms with E-state index >= 15 is 0 Å². The van der Waals surface area contributed by atoms with Crippen LogP contribution in [-0.4, -0.2) is 24.2 Å². The van der Waals surface area contributed by atoms with Crippen molar-refractivity contribution in [2.45, 2.75) is 64.8 Å². The van der Waals surface area contributed by atoms with Gasteiger partial charge in [0.05, 0.1) is 16.9 Å². The van der Waals surface area contributed by atoms with Crippen molar-refractivity contribution in [3.63, 3.8) is 0 Å². The fraction of sp³-hybridized carbons (Fsp3) is 0.435. The van der Waals surface area contributed by atoms with E-state index in [0.717, 1.165) is 11.0 Å². The van der Waals surface area contributed by atoms with Crippen LogP contribution >= 0.6 is 0 Å². The number of anilines is 1. The molecule has 0 aliphatic carbocycles. The molecule has 1 N–H and O–H groups in total. The van der Waals surface area contributed by atoms with Gasteiger partial charge in [0.25, 0.3) is 5.91 Å². The summed E-state index contributed by atoms with van der Waals surface area (Å²) in [6.45, 7) is 12.4. The second-order valence-electron chi connectivity index (χ2n) is 9.15. The van der Waals surface area contributed by atoms with Crippen LogP contribution in [-0.2, 0) is 14.1 Å². The van der Waals surface area contributed by atoms with Crippen LogP contribution in [0.1, 0.15) is 64.7 Å².